The van der Waals surface area contributed by atoms with Crippen molar-refractivity contribution in [2.75, 3.05) is 30.8 Å². The zero-order valence-corrected chi connectivity index (χ0v) is 27.8. The topological polar surface area (TPSA) is 51.5 Å². The Morgan fingerprint density at radius 2 is 1.32 bits per heavy atom. The van der Waals surface area contributed by atoms with Crippen LogP contribution in [0.2, 0.25) is 10.0 Å². The molecule has 0 spiro atoms. The van der Waals surface area contributed by atoms with E-state index in [4.69, 9.17) is 36.5 Å². The van der Waals surface area contributed by atoms with Crippen LogP contribution < -0.4 is 32.4 Å². The molecule has 2 aromatic carbocycles. The smallest absolute Gasteiger partial charge is 0.464 e. The summed E-state index contributed by atoms with van der Waals surface area (Å²) in [6.45, 7) is 4.43. The number of thioether (sulfide) groups is 1. The van der Waals surface area contributed by atoms with E-state index in [1.807, 2.05) is 36.0 Å². The van der Waals surface area contributed by atoms with Gasteiger partial charge in [0.25, 0.3) is 0 Å². The Bertz CT molecular complexity index is 1270. The molecular formula is C30H31Cl2NO3P2RuS+2. The number of hydrogen-bond donors (Lipinski definition) is 1. The summed E-state index contributed by atoms with van der Waals surface area (Å²) in [5, 5.41) is 7.32. The summed E-state index contributed by atoms with van der Waals surface area (Å²) < 4.78 is 16.3. The average Bonchev–Trinajstić information content (AvgIpc) is 3.76. The molecule has 0 saturated carbocycles. The van der Waals surface area contributed by atoms with Crippen molar-refractivity contribution in [1.82, 2.24) is 5.32 Å². The van der Waals surface area contributed by atoms with Crippen LogP contribution in [0.5, 0.6) is 0 Å². The normalized spacial score (nSPS) is 10.8. The van der Waals surface area contributed by atoms with Crippen molar-refractivity contribution >= 4 is 77.9 Å². The van der Waals surface area contributed by atoms with Crippen molar-refractivity contribution in [1.29, 1.82) is 0 Å². The van der Waals surface area contributed by atoms with Gasteiger partial charge in [0.15, 0.2) is 5.50 Å². The van der Waals surface area contributed by atoms with E-state index in [-0.39, 0.29) is 27.4 Å². The van der Waals surface area contributed by atoms with Crippen LogP contribution in [-0.4, -0.2) is 30.8 Å². The van der Waals surface area contributed by atoms with Crippen molar-refractivity contribution < 1.29 is 32.7 Å². The van der Waals surface area contributed by atoms with Crippen LogP contribution in [0.4, 0.5) is 0 Å². The van der Waals surface area contributed by atoms with Gasteiger partial charge in [0, 0.05) is 12.3 Å². The summed E-state index contributed by atoms with van der Waals surface area (Å²) in [4.78, 5) is 0. The summed E-state index contributed by atoms with van der Waals surface area (Å²) in [5.41, 5.74) is 2.06. The first-order valence-corrected chi connectivity index (χ1v) is 17.4. The van der Waals surface area contributed by atoms with Gasteiger partial charge in [-0.25, -0.2) is 0 Å². The number of nitrogens with one attached hydrogen (secondary N) is 1. The fourth-order valence-electron chi connectivity index (χ4n) is 3.79. The molecule has 0 aliphatic carbocycles. The van der Waals surface area contributed by atoms with Crippen molar-refractivity contribution in [3.8, 4) is 0 Å². The van der Waals surface area contributed by atoms with Crippen LogP contribution in [0, 0.1) is 0 Å². The van der Waals surface area contributed by atoms with Crippen LogP contribution in [0.1, 0.15) is 6.92 Å². The standard InChI is InChI=1S/C18H24NPS.C12H7Cl2O3P.Ru/c1-2-21-16-14-19-13-15-20(17-9-5-3-6-10-17)18-11-7-4-8-12-18;13-8-7-17-12(11(8)14)18(9-3-1-5-15-9)10-4-2-6-16-10;/h3-12,19H,2,13-16H2,1H3;1-7H;/q;;+2. The molecule has 0 radical (unpaired) electrons. The predicted octanol–water partition coefficient (Wildman–Crippen LogP) is 6.99. The first-order valence-electron chi connectivity index (χ1n) is 12.6. The Morgan fingerprint density at radius 1 is 0.750 bits per heavy atom. The van der Waals surface area contributed by atoms with Gasteiger partial charge in [-0.2, -0.15) is 11.8 Å². The molecule has 0 atom stereocenters. The van der Waals surface area contributed by atoms with E-state index in [2.05, 4.69) is 72.9 Å². The second-order valence-corrected chi connectivity index (χ2v) is 14.7. The van der Waals surface area contributed by atoms with Gasteiger partial charge in [-0.3, -0.25) is 0 Å². The first-order chi connectivity index (χ1) is 19.2. The molecule has 0 bridgehead atoms. The second kappa shape index (κ2) is 18.2. The molecule has 4 nitrogen and oxygen atoms in total. The van der Waals surface area contributed by atoms with Gasteiger partial charge in [0.05, 0.1) is 17.5 Å². The Labute approximate surface area is 265 Å². The van der Waals surface area contributed by atoms with Gasteiger partial charge in [-0.05, 0) is 61.3 Å². The predicted molar refractivity (Wildman–Crippen MR) is 172 cm³/mol. The number of furan rings is 3. The van der Waals surface area contributed by atoms with E-state index in [0.29, 0.717) is 15.5 Å². The fourth-order valence-corrected chi connectivity index (χ4v) is 9.07. The van der Waals surface area contributed by atoms with E-state index in [0.717, 1.165) is 24.1 Å². The van der Waals surface area contributed by atoms with E-state index in [1.54, 1.807) is 12.5 Å². The largest absolute Gasteiger partial charge is 2.00 e. The van der Waals surface area contributed by atoms with Gasteiger partial charge < -0.3 is 18.6 Å². The van der Waals surface area contributed by atoms with Crippen molar-refractivity contribution in [3.63, 3.8) is 0 Å². The molecule has 0 aliphatic heterocycles. The molecule has 1 N–H and O–H groups in total. The quantitative estimate of drug-likeness (QED) is 0.0857. The van der Waals surface area contributed by atoms with Crippen LogP contribution in [0.3, 0.4) is 0 Å². The van der Waals surface area contributed by atoms with Gasteiger partial charge in [-0.15, -0.1) is 0 Å². The van der Waals surface area contributed by atoms with E-state index in [1.165, 1.54) is 34.5 Å². The van der Waals surface area contributed by atoms with Gasteiger partial charge in [0.2, 0.25) is 0 Å². The molecule has 210 valence electrons. The maximum absolute atomic E-state index is 6.14. The zero-order chi connectivity index (χ0) is 27.3. The second-order valence-electron chi connectivity index (χ2n) is 8.21. The van der Waals surface area contributed by atoms with E-state index in [9.17, 15) is 0 Å². The summed E-state index contributed by atoms with van der Waals surface area (Å²) in [7, 11) is -1.33. The number of hydrogen-bond acceptors (Lipinski definition) is 5. The minimum atomic E-state index is -1.09. The molecular weight excluding hydrogens is 688 g/mol. The third-order valence-electron chi connectivity index (χ3n) is 5.60. The van der Waals surface area contributed by atoms with Crippen LogP contribution in [-0.2, 0) is 19.5 Å². The van der Waals surface area contributed by atoms with E-state index >= 15 is 0 Å². The number of rotatable bonds is 12. The van der Waals surface area contributed by atoms with Crippen molar-refractivity contribution in [2.45, 2.75) is 6.92 Å². The molecule has 10 heteroatoms. The van der Waals surface area contributed by atoms with Crippen LogP contribution in [0.15, 0.2) is 117 Å². The molecule has 3 heterocycles. The molecule has 5 rings (SSSR count). The molecule has 0 saturated heterocycles. The fraction of sp³-hybridized carbons (Fsp3) is 0.200. The Hall–Kier alpha value is -1.35. The summed E-state index contributed by atoms with van der Waals surface area (Å²) in [6, 6.07) is 29.2. The third-order valence-corrected chi connectivity index (χ3v) is 12.0. The molecule has 3 aromatic heterocycles. The Kier molecular flexibility index (Phi) is 15.1. The van der Waals surface area contributed by atoms with Crippen molar-refractivity contribution in [2.24, 2.45) is 0 Å². The minimum Gasteiger partial charge on any atom is -0.464 e. The average molecular weight is 720 g/mol. The monoisotopic (exact) mass is 719 g/mol. The maximum Gasteiger partial charge on any atom is 2.00 e. The van der Waals surface area contributed by atoms with Crippen LogP contribution in [0.25, 0.3) is 0 Å². The minimum absolute atomic E-state index is 0. The molecule has 5 aromatic rings. The maximum atomic E-state index is 6.14. The van der Waals surface area contributed by atoms with Crippen LogP contribution >= 0.6 is 50.8 Å². The van der Waals surface area contributed by atoms with Crippen molar-refractivity contribution in [3.05, 3.63) is 114 Å². The zero-order valence-electron chi connectivity index (χ0n) is 22.0. The van der Waals surface area contributed by atoms with Gasteiger partial charge in [0.1, 0.15) is 30.2 Å². The SMILES string of the molecule is CCSCCNCCP(c1ccccc1)c1ccccc1.Clc1coc(P(c2ccco2)c2ccco2)c1Cl.[Ru+2]. The van der Waals surface area contributed by atoms with Gasteiger partial charge >= 0.3 is 19.5 Å². The molecule has 0 amide bonds. The summed E-state index contributed by atoms with van der Waals surface area (Å²) >= 11 is 14.1. The molecule has 0 aliphatic rings. The Balaban J connectivity index is 0.000000217. The number of halogens is 2. The molecule has 0 unspecified atom stereocenters. The molecule has 40 heavy (non-hydrogen) atoms. The van der Waals surface area contributed by atoms with Gasteiger partial charge in [-0.1, -0.05) is 90.8 Å². The summed E-state index contributed by atoms with van der Waals surface area (Å²) in [5.74, 6) is 2.42. The van der Waals surface area contributed by atoms with E-state index < -0.39 is 7.92 Å². The first kappa shape index (κ1) is 33.2. The summed E-state index contributed by atoms with van der Waals surface area (Å²) in [6.07, 6.45) is 5.83. The Morgan fingerprint density at radius 3 is 1.77 bits per heavy atom. The third kappa shape index (κ3) is 9.60. The number of benzene rings is 2. The molecule has 0 fully saturated rings.